The summed E-state index contributed by atoms with van der Waals surface area (Å²) in [5, 5.41) is 13.8. The van der Waals surface area contributed by atoms with Crippen molar-refractivity contribution in [1.29, 1.82) is 0 Å². The molecule has 0 saturated heterocycles. The zero-order valence-corrected chi connectivity index (χ0v) is 13.3. The molecule has 0 aliphatic carbocycles. The Balaban J connectivity index is 2.58. The maximum atomic E-state index is 11.4. The molecule has 0 aliphatic heterocycles. The first-order valence-electron chi connectivity index (χ1n) is 5.96. The summed E-state index contributed by atoms with van der Waals surface area (Å²) in [7, 11) is -3.28. The number of hydrogen-bond acceptors (Lipinski definition) is 5. The van der Waals surface area contributed by atoms with Gasteiger partial charge in [0.1, 0.15) is 0 Å². The lowest BCUT2D eigenvalue weighted by molar-refractivity contribution is -0.385. The largest absolute Gasteiger partial charge is 0.311 e. The monoisotopic (exact) mass is 365 g/mol. The topological polar surface area (TPSA) is 101 Å². The lowest BCUT2D eigenvalue weighted by Gasteiger charge is -2.07. The van der Waals surface area contributed by atoms with Crippen LogP contribution in [0.5, 0.6) is 0 Å². The van der Waals surface area contributed by atoms with E-state index < -0.39 is 14.9 Å². The van der Waals surface area contributed by atoms with Gasteiger partial charge in [0.15, 0.2) is 0 Å². The average molecular weight is 366 g/mol. The summed E-state index contributed by atoms with van der Waals surface area (Å²) in [6, 6.07) is 4.65. The second-order valence-electron chi connectivity index (χ2n) is 4.02. The Bertz CT molecular complexity index is 577. The Morgan fingerprint density at radius 1 is 1.40 bits per heavy atom. The molecule has 0 heterocycles. The molecule has 20 heavy (non-hydrogen) atoms. The van der Waals surface area contributed by atoms with E-state index in [0.717, 1.165) is 4.47 Å². The first kappa shape index (κ1) is 17.0. The third-order valence-electron chi connectivity index (χ3n) is 2.47. The van der Waals surface area contributed by atoms with Crippen LogP contribution in [0.2, 0.25) is 0 Å². The van der Waals surface area contributed by atoms with Crippen molar-refractivity contribution >= 4 is 31.6 Å². The number of rotatable bonds is 8. The van der Waals surface area contributed by atoms with Crippen molar-refractivity contribution < 1.29 is 13.3 Å². The maximum Gasteiger partial charge on any atom is 0.273 e. The minimum Gasteiger partial charge on any atom is -0.311 e. The Kier molecular flexibility index (Phi) is 6.53. The SMILES string of the molecule is CCNS(=O)(=O)CCNCc1cc(Br)ccc1[N+](=O)[O-]. The quantitative estimate of drug-likeness (QED) is 0.411. The normalized spacial score (nSPS) is 11.5. The highest BCUT2D eigenvalue weighted by atomic mass is 79.9. The molecule has 9 heteroatoms. The molecule has 7 nitrogen and oxygen atoms in total. The predicted octanol–water partition coefficient (Wildman–Crippen LogP) is 1.39. The van der Waals surface area contributed by atoms with Crippen molar-refractivity contribution in [2.75, 3.05) is 18.8 Å². The molecule has 0 amide bonds. The number of nitro groups is 1. The van der Waals surface area contributed by atoms with E-state index in [4.69, 9.17) is 0 Å². The molecule has 0 aliphatic rings. The van der Waals surface area contributed by atoms with Crippen LogP contribution in [0.15, 0.2) is 22.7 Å². The summed E-state index contributed by atoms with van der Waals surface area (Å²) < 4.78 is 25.9. The fraction of sp³-hybridized carbons (Fsp3) is 0.455. The van der Waals surface area contributed by atoms with Crippen molar-refractivity contribution in [2.24, 2.45) is 0 Å². The van der Waals surface area contributed by atoms with Crippen LogP contribution in [0.25, 0.3) is 0 Å². The van der Waals surface area contributed by atoms with Crippen molar-refractivity contribution in [3.63, 3.8) is 0 Å². The van der Waals surface area contributed by atoms with E-state index >= 15 is 0 Å². The number of nitrogens with zero attached hydrogens (tertiary/aromatic N) is 1. The lowest BCUT2D eigenvalue weighted by atomic mass is 10.2. The van der Waals surface area contributed by atoms with Crippen LogP contribution >= 0.6 is 15.9 Å². The summed E-state index contributed by atoms with van der Waals surface area (Å²) >= 11 is 3.25. The number of nitro benzene ring substituents is 1. The standard InChI is InChI=1S/C11H16BrN3O4S/c1-2-14-20(18,19)6-5-13-8-9-7-10(12)3-4-11(9)15(16)17/h3-4,7,13-14H,2,5-6,8H2,1H3. The van der Waals surface area contributed by atoms with Crippen LogP contribution < -0.4 is 10.0 Å². The molecular formula is C11H16BrN3O4S. The van der Waals surface area contributed by atoms with E-state index in [2.05, 4.69) is 26.0 Å². The highest BCUT2D eigenvalue weighted by Gasteiger charge is 2.14. The smallest absolute Gasteiger partial charge is 0.273 e. The zero-order valence-electron chi connectivity index (χ0n) is 10.9. The molecule has 1 aromatic rings. The summed E-state index contributed by atoms with van der Waals surface area (Å²) in [6.45, 7) is 2.51. The highest BCUT2D eigenvalue weighted by Crippen LogP contribution is 2.22. The van der Waals surface area contributed by atoms with Gasteiger partial charge in [-0.15, -0.1) is 0 Å². The molecule has 0 aromatic heterocycles. The van der Waals surface area contributed by atoms with Gasteiger partial charge in [0.05, 0.1) is 10.7 Å². The molecule has 0 atom stereocenters. The second kappa shape index (κ2) is 7.67. The molecule has 1 aromatic carbocycles. The number of benzene rings is 1. The van der Waals surface area contributed by atoms with Crippen LogP contribution in [0.3, 0.4) is 0 Å². The Hall–Kier alpha value is -1.03. The van der Waals surface area contributed by atoms with E-state index in [1.807, 2.05) is 0 Å². The van der Waals surface area contributed by atoms with Crippen LogP contribution in [0.4, 0.5) is 5.69 Å². The van der Waals surface area contributed by atoms with Gasteiger partial charge >= 0.3 is 0 Å². The molecule has 0 spiro atoms. The van der Waals surface area contributed by atoms with Crippen LogP contribution in [0.1, 0.15) is 12.5 Å². The van der Waals surface area contributed by atoms with E-state index in [0.29, 0.717) is 12.1 Å². The Morgan fingerprint density at radius 3 is 2.70 bits per heavy atom. The molecule has 2 N–H and O–H groups in total. The Morgan fingerprint density at radius 2 is 2.10 bits per heavy atom. The number of sulfonamides is 1. The lowest BCUT2D eigenvalue weighted by Crippen LogP contribution is -2.31. The molecule has 112 valence electrons. The minimum absolute atomic E-state index is 0.00948. The maximum absolute atomic E-state index is 11.4. The summed E-state index contributed by atoms with van der Waals surface area (Å²) in [5.41, 5.74) is 0.514. The fourth-order valence-electron chi connectivity index (χ4n) is 1.60. The van der Waals surface area contributed by atoms with Crippen LogP contribution in [-0.2, 0) is 16.6 Å². The minimum atomic E-state index is -3.28. The molecular weight excluding hydrogens is 350 g/mol. The molecule has 0 saturated carbocycles. The first-order valence-corrected chi connectivity index (χ1v) is 8.41. The molecule has 0 bridgehead atoms. The third-order valence-corrected chi connectivity index (χ3v) is 4.43. The molecule has 0 fully saturated rings. The predicted molar refractivity (Wildman–Crippen MR) is 80.0 cm³/mol. The number of nitrogens with one attached hydrogen (secondary N) is 2. The van der Waals surface area contributed by atoms with E-state index in [9.17, 15) is 18.5 Å². The first-order chi connectivity index (χ1) is 9.35. The average Bonchev–Trinajstić information content (AvgIpc) is 2.34. The van der Waals surface area contributed by atoms with Crippen molar-refractivity contribution in [3.8, 4) is 0 Å². The van der Waals surface area contributed by atoms with Gasteiger partial charge in [-0.3, -0.25) is 10.1 Å². The summed E-state index contributed by atoms with van der Waals surface area (Å²) in [5.74, 6) is -0.0668. The highest BCUT2D eigenvalue weighted by molar-refractivity contribution is 9.10. The molecule has 0 unspecified atom stereocenters. The molecule has 0 radical (unpaired) electrons. The summed E-state index contributed by atoms with van der Waals surface area (Å²) in [6.07, 6.45) is 0. The third kappa shape index (κ3) is 5.53. The van der Waals surface area contributed by atoms with Gasteiger partial charge in [0.25, 0.3) is 5.69 Å². The van der Waals surface area contributed by atoms with Gasteiger partial charge in [-0.05, 0) is 12.1 Å². The molecule has 1 rings (SSSR count). The number of hydrogen-bond donors (Lipinski definition) is 2. The van der Waals surface area contributed by atoms with Crippen molar-refractivity contribution in [3.05, 3.63) is 38.3 Å². The van der Waals surface area contributed by atoms with E-state index in [1.54, 1.807) is 19.1 Å². The summed E-state index contributed by atoms with van der Waals surface area (Å²) in [4.78, 5) is 10.4. The Labute approximate surface area is 126 Å². The van der Waals surface area contributed by atoms with Gasteiger partial charge < -0.3 is 5.32 Å². The van der Waals surface area contributed by atoms with Crippen LogP contribution in [-0.4, -0.2) is 32.2 Å². The number of halogens is 1. The van der Waals surface area contributed by atoms with Crippen LogP contribution in [0, 0.1) is 10.1 Å². The van der Waals surface area contributed by atoms with Crippen molar-refractivity contribution in [2.45, 2.75) is 13.5 Å². The zero-order chi connectivity index (χ0) is 15.2. The second-order valence-corrected chi connectivity index (χ2v) is 6.87. The van der Waals surface area contributed by atoms with Crippen molar-refractivity contribution in [1.82, 2.24) is 10.0 Å². The fourth-order valence-corrected chi connectivity index (χ4v) is 3.00. The van der Waals surface area contributed by atoms with Gasteiger partial charge in [-0.2, -0.15) is 0 Å². The van der Waals surface area contributed by atoms with Gasteiger partial charge in [0.2, 0.25) is 10.0 Å². The van der Waals surface area contributed by atoms with Gasteiger partial charge in [0, 0.05) is 35.7 Å². The van der Waals surface area contributed by atoms with Gasteiger partial charge in [-0.1, -0.05) is 22.9 Å². The van der Waals surface area contributed by atoms with E-state index in [-0.39, 0.29) is 24.5 Å². The van der Waals surface area contributed by atoms with E-state index in [1.165, 1.54) is 6.07 Å². The van der Waals surface area contributed by atoms with Gasteiger partial charge in [-0.25, -0.2) is 13.1 Å².